The first-order valence-electron chi connectivity index (χ1n) is 9.04. The summed E-state index contributed by atoms with van der Waals surface area (Å²) in [7, 11) is 0. The molecule has 1 aliphatic heterocycles. The quantitative estimate of drug-likeness (QED) is 0.608. The fourth-order valence-electron chi connectivity index (χ4n) is 2.85. The number of esters is 1. The van der Waals surface area contributed by atoms with Crippen molar-refractivity contribution < 1.29 is 19.0 Å². The molecule has 1 fully saturated rings. The van der Waals surface area contributed by atoms with E-state index in [0.717, 1.165) is 5.56 Å². The van der Waals surface area contributed by atoms with Crippen LogP contribution in [0.15, 0.2) is 24.3 Å². The fourth-order valence-corrected chi connectivity index (χ4v) is 2.85. The molecule has 0 amide bonds. The van der Waals surface area contributed by atoms with E-state index in [1.807, 2.05) is 24.0 Å². The van der Waals surface area contributed by atoms with Crippen LogP contribution < -0.4 is 15.4 Å². The number of ether oxygens (including phenoxy) is 3. The van der Waals surface area contributed by atoms with Gasteiger partial charge in [-0.15, -0.1) is 0 Å². The summed E-state index contributed by atoms with van der Waals surface area (Å²) in [6.07, 6.45) is 0. The Morgan fingerprint density at radius 3 is 2.67 bits per heavy atom. The molecule has 2 aromatic rings. The van der Waals surface area contributed by atoms with Crippen LogP contribution >= 0.6 is 0 Å². The first-order chi connectivity index (χ1) is 13.1. The second-order valence-corrected chi connectivity index (χ2v) is 5.93. The lowest BCUT2D eigenvalue weighted by Gasteiger charge is -2.29. The lowest BCUT2D eigenvalue weighted by Crippen LogP contribution is -2.37. The predicted octanol–water partition coefficient (Wildman–Crippen LogP) is 2.14. The summed E-state index contributed by atoms with van der Waals surface area (Å²) in [6, 6.07) is 7.23. The van der Waals surface area contributed by atoms with Gasteiger partial charge in [-0.3, -0.25) is 0 Å². The van der Waals surface area contributed by atoms with Crippen molar-refractivity contribution in [2.45, 2.75) is 13.8 Å². The van der Waals surface area contributed by atoms with Crippen LogP contribution in [0.1, 0.15) is 24.3 Å². The van der Waals surface area contributed by atoms with E-state index in [1.54, 1.807) is 19.1 Å². The third-order valence-electron chi connectivity index (χ3n) is 4.06. The normalized spacial score (nSPS) is 14.1. The number of anilines is 2. The third-order valence-corrected chi connectivity index (χ3v) is 4.06. The lowest BCUT2D eigenvalue weighted by atomic mass is 10.2. The Morgan fingerprint density at radius 2 is 2.00 bits per heavy atom. The van der Waals surface area contributed by atoms with E-state index >= 15 is 0 Å². The molecule has 3 rings (SSSR count). The van der Waals surface area contributed by atoms with Gasteiger partial charge in [0.05, 0.1) is 26.4 Å². The first-order valence-corrected chi connectivity index (χ1v) is 9.04. The highest BCUT2D eigenvalue weighted by molar-refractivity contribution is 5.93. The van der Waals surface area contributed by atoms with Gasteiger partial charge in [0.15, 0.2) is 23.1 Å². The predicted molar refractivity (Wildman–Crippen MR) is 102 cm³/mol. The van der Waals surface area contributed by atoms with Gasteiger partial charge in [-0.05, 0) is 26.0 Å². The van der Waals surface area contributed by atoms with Gasteiger partial charge >= 0.3 is 5.97 Å². The van der Waals surface area contributed by atoms with Crippen molar-refractivity contribution in [3.63, 3.8) is 0 Å². The standard InChI is InChI=1S/C19H24N4O4/c1-3-26-16-15(19(24)27-4-2)21-17(13-6-5-7-14(20)12-13)22-18(16)23-8-10-25-11-9-23/h5-7,12H,3-4,8-11,20H2,1-2H3. The van der Waals surface area contributed by atoms with Gasteiger partial charge in [0.2, 0.25) is 0 Å². The molecule has 1 aromatic heterocycles. The SMILES string of the molecule is CCOC(=O)c1nc(-c2cccc(N)c2)nc(N2CCOCC2)c1OCC. The minimum atomic E-state index is -0.539. The fraction of sp³-hybridized carbons (Fsp3) is 0.421. The van der Waals surface area contributed by atoms with Crippen LogP contribution in [-0.4, -0.2) is 55.5 Å². The summed E-state index contributed by atoms with van der Waals surface area (Å²) in [4.78, 5) is 23.8. The molecule has 8 nitrogen and oxygen atoms in total. The Bertz CT molecular complexity index is 806. The number of morpholine rings is 1. The summed E-state index contributed by atoms with van der Waals surface area (Å²) < 4.78 is 16.4. The van der Waals surface area contributed by atoms with E-state index in [1.165, 1.54) is 0 Å². The average molecular weight is 372 g/mol. The molecule has 0 unspecified atom stereocenters. The third kappa shape index (κ3) is 4.28. The summed E-state index contributed by atoms with van der Waals surface area (Å²) in [5, 5.41) is 0. The zero-order valence-electron chi connectivity index (χ0n) is 15.6. The summed E-state index contributed by atoms with van der Waals surface area (Å²) >= 11 is 0. The van der Waals surface area contributed by atoms with Gasteiger partial charge < -0.3 is 24.8 Å². The minimum absolute atomic E-state index is 0.118. The molecular formula is C19H24N4O4. The Kier molecular flexibility index (Phi) is 6.08. The summed E-state index contributed by atoms with van der Waals surface area (Å²) in [6.45, 7) is 6.69. The molecule has 2 N–H and O–H groups in total. The van der Waals surface area contributed by atoms with Crippen LogP contribution in [-0.2, 0) is 9.47 Å². The summed E-state index contributed by atoms with van der Waals surface area (Å²) in [5.74, 6) is 0.763. The molecule has 0 saturated carbocycles. The molecule has 1 aliphatic rings. The van der Waals surface area contributed by atoms with Gasteiger partial charge in [-0.1, -0.05) is 12.1 Å². The van der Waals surface area contributed by atoms with Crippen molar-refractivity contribution in [3.8, 4) is 17.1 Å². The van der Waals surface area contributed by atoms with Gasteiger partial charge in [0.25, 0.3) is 0 Å². The Hall–Kier alpha value is -2.87. The number of aromatic nitrogens is 2. The number of nitrogens with zero attached hydrogens (tertiary/aromatic N) is 3. The Balaban J connectivity index is 2.16. The molecular weight excluding hydrogens is 348 g/mol. The Morgan fingerprint density at radius 1 is 1.22 bits per heavy atom. The molecule has 0 aliphatic carbocycles. The van der Waals surface area contributed by atoms with Crippen molar-refractivity contribution >= 4 is 17.5 Å². The van der Waals surface area contributed by atoms with Crippen molar-refractivity contribution in [2.24, 2.45) is 0 Å². The molecule has 8 heteroatoms. The van der Waals surface area contributed by atoms with Crippen molar-refractivity contribution in [1.82, 2.24) is 9.97 Å². The highest BCUT2D eigenvalue weighted by atomic mass is 16.5. The van der Waals surface area contributed by atoms with Crippen LogP contribution in [0.2, 0.25) is 0 Å². The minimum Gasteiger partial charge on any atom is -0.488 e. The van der Waals surface area contributed by atoms with E-state index in [9.17, 15) is 4.79 Å². The summed E-state index contributed by atoms with van der Waals surface area (Å²) in [5.41, 5.74) is 7.33. The highest BCUT2D eigenvalue weighted by Gasteiger charge is 2.27. The maximum atomic E-state index is 12.6. The van der Waals surface area contributed by atoms with Gasteiger partial charge in [0, 0.05) is 24.3 Å². The first kappa shape index (κ1) is 18.9. The van der Waals surface area contributed by atoms with Crippen molar-refractivity contribution in [2.75, 3.05) is 50.2 Å². The van der Waals surface area contributed by atoms with E-state index < -0.39 is 5.97 Å². The number of hydrogen-bond acceptors (Lipinski definition) is 8. The molecule has 1 saturated heterocycles. The maximum absolute atomic E-state index is 12.6. The lowest BCUT2D eigenvalue weighted by molar-refractivity contribution is 0.0514. The molecule has 2 heterocycles. The van der Waals surface area contributed by atoms with Gasteiger partial charge in [-0.25, -0.2) is 14.8 Å². The molecule has 0 bridgehead atoms. The number of rotatable bonds is 6. The number of benzene rings is 1. The maximum Gasteiger partial charge on any atom is 0.361 e. The molecule has 0 spiro atoms. The topological polar surface area (TPSA) is 99.8 Å². The molecule has 27 heavy (non-hydrogen) atoms. The van der Waals surface area contributed by atoms with Crippen LogP contribution in [0.5, 0.6) is 5.75 Å². The Labute approximate surface area is 158 Å². The van der Waals surface area contributed by atoms with Crippen LogP contribution in [0.3, 0.4) is 0 Å². The number of hydrogen-bond donors (Lipinski definition) is 1. The van der Waals surface area contributed by atoms with Crippen molar-refractivity contribution in [1.29, 1.82) is 0 Å². The molecule has 0 atom stereocenters. The van der Waals surface area contributed by atoms with Gasteiger partial charge in [0.1, 0.15) is 0 Å². The van der Waals surface area contributed by atoms with E-state index in [4.69, 9.17) is 24.9 Å². The second-order valence-electron chi connectivity index (χ2n) is 5.93. The van der Waals surface area contributed by atoms with Crippen LogP contribution in [0.4, 0.5) is 11.5 Å². The molecule has 1 aromatic carbocycles. The number of nitrogens with two attached hydrogens (primary N) is 1. The average Bonchev–Trinajstić information content (AvgIpc) is 2.69. The zero-order chi connectivity index (χ0) is 19.2. The van der Waals surface area contributed by atoms with E-state index in [2.05, 4.69) is 4.98 Å². The number of nitrogen functional groups attached to an aromatic ring is 1. The molecule has 0 radical (unpaired) electrons. The second kappa shape index (κ2) is 8.68. The number of carbonyl (C=O) groups excluding carboxylic acids is 1. The molecule has 144 valence electrons. The smallest absolute Gasteiger partial charge is 0.361 e. The largest absolute Gasteiger partial charge is 0.488 e. The van der Waals surface area contributed by atoms with Crippen molar-refractivity contribution in [3.05, 3.63) is 30.0 Å². The van der Waals surface area contributed by atoms with E-state index in [-0.39, 0.29) is 12.3 Å². The van der Waals surface area contributed by atoms with Gasteiger partial charge in [-0.2, -0.15) is 0 Å². The number of carbonyl (C=O) groups is 1. The zero-order valence-corrected chi connectivity index (χ0v) is 15.6. The van der Waals surface area contributed by atoms with E-state index in [0.29, 0.717) is 56.0 Å². The monoisotopic (exact) mass is 372 g/mol. The van der Waals surface area contributed by atoms with Crippen LogP contribution in [0, 0.1) is 0 Å². The highest BCUT2D eigenvalue weighted by Crippen LogP contribution is 2.33. The van der Waals surface area contributed by atoms with Crippen LogP contribution in [0.25, 0.3) is 11.4 Å².